The highest BCUT2D eigenvalue weighted by atomic mass is 32.2. The number of aliphatic carboxylic acids is 1. The number of nitrogens with zero attached hydrogens (tertiary/aromatic N) is 2. The fourth-order valence-electron chi connectivity index (χ4n) is 1.80. The summed E-state index contributed by atoms with van der Waals surface area (Å²) in [5.41, 5.74) is 1.37. The summed E-state index contributed by atoms with van der Waals surface area (Å²) >= 11 is 4.14. The third-order valence-electron chi connectivity index (χ3n) is 2.73. The molecule has 3 rings (SSSR count). The van der Waals surface area contributed by atoms with E-state index in [1.54, 1.807) is 16.7 Å². The smallest absolute Gasteiger partial charge is 0.309 e. The van der Waals surface area contributed by atoms with Gasteiger partial charge in [-0.1, -0.05) is 23.9 Å². The molecule has 0 aliphatic heterocycles. The van der Waals surface area contributed by atoms with E-state index in [4.69, 9.17) is 5.11 Å². The average Bonchev–Trinajstić information content (AvgIpc) is 3.10. The van der Waals surface area contributed by atoms with Gasteiger partial charge in [0.15, 0.2) is 9.47 Å². The first-order valence-electron chi connectivity index (χ1n) is 6.54. The third kappa shape index (κ3) is 4.27. The van der Waals surface area contributed by atoms with E-state index in [0.29, 0.717) is 10.8 Å². The van der Waals surface area contributed by atoms with Crippen molar-refractivity contribution < 1.29 is 14.7 Å². The van der Waals surface area contributed by atoms with Crippen molar-refractivity contribution in [3.63, 3.8) is 0 Å². The second-order valence-electron chi connectivity index (χ2n) is 4.50. The molecule has 1 amide bonds. The molecule has 0 spiro atoms. The van der Waals surface area contributed by atoms with Crippen LogP contribution in [-0.4, -0.2) is 32.7 Å². The van der Waals surface area contributed by atoms with Gasteiger partial charge < -0.3 is 10.4 Å². The Bertz CT molecular complexity index is 826. The van der Waals surface area contributed by atoms with Gasteiger partial charge in [0.2, 0.25) is 5.91 Å². The summed E-state index contributed by atoms with van der Waals surface area (Å²) < 4.78 is 1.93. The van der Waals surface area contributed by atoms with Crippen LogP contribution in [0.5, 0.6) is 0 Å². The predicted octanol–water partition coefficient (Wildman–Crippen LogP) is 3.11. The highest BCUT2D eigenvalue weighted by Gasteiger charge is 2.11. The molecule has 2 N–H and O–H groups in total. The molecule has 2 aromatic heterocycles. The van der Waals surface area contributed by atoms with Gasteiger partial charge in [-0.15, -0.1) is 22.7 Å². The normalized spacial score (nSPS) is 10.8. The Hall–Kier alpha value is -1.97. The zero-order valence-corrected chi connectivity index (χ0v) is 14.1. The van der Waals surface area contributed by atoms with Crippen molar-refractivity contribution in [1.82, 2.24) is 9.97 Å². The first-order chi connectivity index (χ1) is 11.1. The topological polar surface area (TPSA) is 92.2 Å². The van der Waals surface area contributed by atoms with Crippen molar-refractivity contribution in [1.29, 1.82) is 0 Å². The molecule has 0 atom stereocenters. The van der Waals surface area contributed by atoms with Gasteiger partial charge in [-0.25, -0.2) is 9.97 Å². The van der Waals surface area contributed by atoms with Crippen LogP contribution in [0.15, 0.2) is 34.0 Å². The number of hydrogen-bond donors (Lipinski definition) is 2. The molecule has 23 heavy (non-hydrogen) atoms. The number of amides is 1. The number of benzene rings is 1. The minimum absolute atomic E-state index is 0.146. The number of rotatable bonds is 6. The van der Waals surface area contributed by atoms with Crippen LogP contribution in [0.3, 0.4) is 0 Å². The Morgan fingerprint density at radius 2 is 2.09 bits per heavy atom. The fourth-order valence-corrected chi connectivity index (χ4v) is 4.39. The predicted molar refractivity (Wildman–Crippen MR) is 92.4 cm³/mol. The van der Waals surface area contributed by atoms with Crippen molar-refractivity contribution >= 4 is 61.7 Å². The summed E-state index contributed by atoms with van der Waals surface area (Å²) in [4.78, 5) is 31.0. The summed E-state index contributed by atoms with van der Waals surface area (Å²) in [6.07, 6.45) is -0.146. The molecular formula is C14H11N3O3S3. The first-order valence-corrected chi connectivity index (χ1v) is 9.23. The van der Waals surface area contributed by atoms with Gasteiger partial charge in [-0.05, 0) is 12.1 Å². The largest absolute Gasteiger partial charge is 0.481 e. The second kappa shape index (κ2) is 7.07. The summed E-state index contributed by atoms with van der Waals surface area (Å²) in [5.74, 6) is -0.904. The van der Waals surface area contributed by atoms with Crippen LogP contribution in [0.1, 0.15) is 5.69 Å². The van der Waals surface area contributed by atoms with Crippen molar-refractivity contribution in [2.24, 2.45) is 0 Å². The Labute approximate surface area is 143 Å². The number of thioether (sulfide) groups is 1. The zero-order valence-electron chi connectivity index (χ0n) is 11.7. The number of para-hydroxylation sites is 1. The first kappa shape index (κ1) is 15.9. The maximum Gasteiger partial charge on any atom is 0.309 e. The number of carboxylic acids is 1. The van der Waals surface area contributed by atoms with Crippen LogP contribution in [0.2, 0.25) is 0 Å². The molecular weight excluding hydrogens is 354 g/mol. The minimum atomic E-state index is -0.945. The Balaban J connectivity index is 1.54. The van der Waals surface area contributed by atoms with Gasteiger partial charge in [0.05, 0.1) is 28.1 Å². The van der Waals surface area contributed by atoms with Gasteiger partial charge in [0.25, 0.3) is 0 Å². The quantitative estimate of drug-likeness (QED) is 0.652. The molecule has 0 radical (unpaired) electrons. The van der Waals surface area contributed by atoms with E-state index < -0.39 is 5.97 Å². The molecule has 2 heterocycles. The molecule has 0 saturated carbocycles. The fraction of sp³-hybridized carbons (Fsp3) is 0.143. The summed E-state index contributed by atoms with van der Waals surface area (Å²) in [6, 6.07) is 7.82. The number of carbonyl (C=O) groups is 2. The van der Waals surface area contributed by atoms with E-state index in [1.807, 2.05) is 24.3 Å². The second-order valence-corrected chi connectivity index (χ2v) is 7.61. The summed E-state index contributed by atoms with van der Waals surface area (Å²) in [7, 11) is 0. The Morgan fingerprint density at radius 1 is 1.26 bits per heavy atom. The third-order valence-corrected chi connectivity index (χ3v) is 5.72. The molecule has 0 aliphatic rings. The molecule has 9 heteroatoms. The van der Waals surface area contributed by atoms with E-state index in [-0.39, 0.29) is 18.1 Å². The van der Waals surface area contributed by atoms with Crippen LogP contribution in [-0.2, 0) is 16.0 Å². The lowest BCUT2D eigenvalue weighted by Gasteiger charge is -1.99. The number of nitrogens with one attached hydrogen (secondary N) is 1. The standard InChI is InChI=1S/C14H11N3O3S3/c18-11(17-13-15-8(6-21-13)5-12(19)20)7-22-14-16-9-3-1-2-4-10(9)23-14/h1-4,6H,5,7H2,(H,19,20)(H,15,17,18). The Morgan fingerprint density at radius 3 is 2.87 bits per heavy atom. The summed E-state index contributed by atoms with van der Waals surface area (Å²) in [5, 5.41) is 13.4. The van der Waals surface area contributed by atoms with Crippen LogP contribution < -0.4 is 5.32 Å². The molecule has 118 valence electrons. The van der Waals surface area contributed by atoms with Gasteiger partial charge in [0, 0.05) is 5.38 Å². The number of hydrogen-bond acceptors (Lipinski definition) is 7. The van der Waals surface area contributed by atoms with Gasteiger partial charge in [-0.2, -0.15) is 0 Å². The van der Waals surface area contributed by atoms with Crippen LogP contribution in [0.25, 0.3) is 10.2 Å². The van der Waals surface area contributed by atoms with Crippen LogP contribution in [0, 0.1) is 0 Å². The minimum Gasteiger partial charge on any atom is -0.481 e. The summed E-state index contributed by atoms with van der Waals surface area (Å²) in [6.45, 7) is 0. The van der Waals surface area contributed by atoms with Crippen LogP contribution in [0.4, 0.5) is 5.13 Å². The molecule has 0 saturated heterocycles. The van der Waals surface area contributed by atoms with E-state index in [9.17, 15) is 9.59 Å². The number of aromatic nitrogens is 2. The van der Waals surface area contributed by atoms with E-state index in [2.05, 4.69) is 15.3 Å². The van der Waals surface area contributed by atoms with Crippen molar-refractivity contribution in [2.75, 3.05) is 11.1 Å². The number of carbonyl (C=O) groups excluding carboxylic acids is 1. The van der Waals surface area contributed by atoms with Crippen molar-refractivity contribution in [3.8, 4) is 0 Å². The average molecular weight is 365 g/mol. The molecule has 0 fully saturated rings. The lowest BCUT2D eigenvalue weighted by Crippen LogP contribution is -2.14. The lowest BCUT2D eigenvalue weighted by molar-refractivity contribution is -0.136. The molecule has 0 bridgehead atoms. The Kier molecular flexibility index (Phi) is 4.89. The van der Waals surface area contributed by atoms with E-state index in [0.717, 1.165) is 14.6 Å². The van der Waals surface area contributed by atoms with Gasteiger partial charge in [-0.3, -0.25) is 9.59 Å². The molecule has 1 aromatic carbocycles. The molecule has 3 aromatic rings. The number of thiazole rings is 2. The van der Waals surface area contributed by atoms with Gasteiger partial charge in [0.1, 0.15) is 0 Å². The number of carboxylic acid groups (broad SMARTS) is 1. The highest BCUT2D eigenvalue weighted by molar-refractivity contribution is 8.01. The van der Waals surface area contributed by atoms with E-state index in [1.165, 1.54) is 23.1 Å². The van der Waals surface area contributed by atoms with Crippen molar-refractivity contribution in [2.45, 2.75) is 10.8 Å². The van der Waals surface area contributed by atoms with Crippen LogP contribution >= 0.6 is 34.4 Å². The molecule has 0 unspecified atom stereocenters. The monoisotopic (exact) mass is 365 g/mol. The molecule has 0 aliphatic carbocycles. The number of anilines is 1. The maximum absolute atomic E-state index is 11.9. The SMILES string of the molecule is O=C(O)Cc1csc(NC(=O)CSc2nc3ccccc3s2)n1. The maximum atomic E-state index is 11.9. The number of fused-ring (bicyclic) bond motifs is 1. The highest BCUT2D eigenvalue weighted by Crippen LogP contribution is 2.29. The lowest BCUT2D eigenvalue weighted by atomic mass is 10.3. The van der Waals surface area contributed by atoms with E-state index >= 15 is 0 Å². The zero-order chi connectivity index (χ0) is 16.2. The van der Waals surface area contributed by atoms with Crippen molar-refractivity contribution in [3.05, 3.63) is 35.3 Å². The molecule has 6 nitrogen and oxygen atoms in total. The van der Waals surface area contributed by atoms with Gasteiger partial charge >= 0.3 is 5.97 Å².